The van der Waals surface area contributed by atoms with Gasteiger partial charge in [0.2, 0.25) is 5.91 Å². The molecule has 0 aromatic rings. The lowest BCUT2D eigenvalue weighted by Crippen LogP contribution is -2.69. The van der Waals surface area contributed by atoms with E-state index in [-0.39, 0.29) is 11.8 Å². The number of rotatable bonds is 4. The lowest BCUT2D eigenvalue weighted by molar-refractivity contribution is -0.169. The molecule has 1 aliphatic heterocycles. The molecule has 0 aromatic heterocycles. The van der Waals surface area contributed by atoms with Crippen LogP contribution in [0.25, 0.3) is 0 Å². The van der Waals surface area contributed by atoms with Crippen LogP contribution < -0.4 is 5.32 Å². The normalized spacial score (nSPS) is 28.8. The summed E-state index contributed by atoms with van der Waals surface area (Å²) in [5, 5.41) is 3.71. The van der Waals surface area contributed by atoms with E-state index in [4.69, 9.17) is 4.74 Å². The summed E-state index contributed by atoms with van der Waals surface area (Å²) in [6.45, 7) is 10.1. The van der Waals surface area contributed by atoms with Gasteiger partial charge >= 0.3 is 0 Å². The number of nitrogens with zero attached hydrogens (tertiary/aromatic N) is 3. The zero-order valence-electron chi connectivity index (χ0n) is 16.3. The van der Waals surface area contributed by atoms with Gasteiger partial charge in [0, 0.05) is 57.2 Å². The molecule has 2 unspecified atom stereocenters. The van der Waals surface area contributed by atoms with E-state index in [1.54, 1.807) is 0 Å². The molecule has 142 valence electrons. The van der Waals surface area contributed by atoms with Crippen LogP contribution in [-0.2, 0) is 9.53 Å². The van der Waals surface area contributed by atoms with Crippen LogP contribution in [0.5, 0.6) is 0 Å². The number of carbonyl (C=O) groups is 1. The minimum atomic E-state index is 0.0768. The van der Waals surface area contributed by atoms with Crippen molar-refractivity contribution >= 4 is 11.9 Å². The Morgan fingerprint density at radius 2 is 1.88 bits per heavy atom. The van der Waals surface area contributed by atoms with Crippen molar-refractivity contribution in [2.24, 2.45) is 16.3 Å². The van der Waals surface area contributed by atoms with Crippen LogP contribution in [0, 0.1) is 11.3 Å². The first kappa shape index (κ1) is 18.5. The minimum absolute atomic E-state index is 0.0768. The van der Waals surface area contributed by atoms with E-state index in [1.807, 2.05) is 25.8 Å². The van der Waals surface area contributed by atoms with Gasteiger partial charge in [-0.1, -0.05) is 20.3 Å². The van der Waals surface area contributed by atoms with Gasteiger partial charge < -0.3 is 19.9 Å². The third-order valence-electron chi connectivity index (χ3n) is 6.34. The molecular weight excluding hydrogens is 316 g/mol. The predicted molar refractivity (Wildman–Crippen MR) is 99.6 cm³/mol. The highest BCUT2D eigenvalue weighted by Crippen LogP contribution is 2.57. The number of guanidine groups is 1. The second kappa shape index (κ2) is 7.52. The smallest absolute Gasteiger partial charge is 0.225 e. The molecule has 2 saturated carbocycles. The number of piperazine rings is 1. The summed E-state index contributed by atoms with van der Waals surface area (Å²) < 4.78 is 5.95. The maximum atomic E-state index is 12.2. The van der Waals surface area contributed by atoms with Gasteiger partial charge in [0.05, 0.1) is 6.10 Å². The second-order valence-electron chi connectivity index (χ2n) is 7.98. The van der Waals surface area contributed by atoms with Crippen LogP contribution in [-0.4, -0.2) is 73.6 Å². The molecule has 25 heavy (non-hydrogen) atoms. The third-order valence-corrected chi connectivity index (χ3v) is 6.34. The Kier molecular flexibility index (Phi) is 5.56. The summed E-state index contributed by atoms with van der Waals surface area (Å²) in [5.74, 6) is 1.32. The first-order valence-electron chi connectivity index (χ1n) is 9.90. The average molecular weight is 351 g/mol. The summed E-state index contributed by atoms with van der Waals surface area (Å²) in [4.78, 5) is 21.0. The number of nitrogens with one attached hydrogen (secondary N) is 1. The summed E-state index contributed by atoms with van der Waals surface area (Å²) in [6.07, 6.45) is 5.35. The van der Waals surface area contributed by atoms with Crippen LogP contribution in [0.1, 0.15) is 46.5 Å². The number of aliphatic imine (C=N–C) groups is 1. The average Bonchev–Trinajstić information content (AvgIpc) is 2.55. The van der Waals surface area contributed by atoms with Gasteiger partial charge in [0.1, 0.15) is 0 Å². The standard InChI is InChI=1S/C19H34N4O2/c1-5-25-16-13-15(19(16)7-6-8-19)21-18(20-4)23-11-9-22(10-12-23)17(24)14(2)3/h14-16H,5-13H2,1-4H3,(H,20,21). The van der Waals surface area contributed by atoms with Crippen molar-refractivity contribution in [3.05, 3.63) is 0 Å². The lowest BCUT2D eigenvalue weighted by atomic mass is 9.51. The van der Waals surface area contributed by atoms with E-state index in [9.17, 15) is 4.79 Å². The summed E-state index contributed by atoms with van der Waals surface area (Å²) >= 11 is 0. The van der Waals surface area contributed by atoms with E-state index < -0.39 is 0 Å². The van der Waals surface area contributed by atoms with Crippen molar-refractivity contribution in [1.82, 2.24) is 15.1 Å². The van der Waals surface area contributed by atoms with E-state index >= 15 is 0 Å². The largest absolute Gasteiger partial charge is 0.378 e. The molecule has 0 bridgehead atoms. The molecule has 2 aliphatic carbocycles. The van der Waals surface area contributed by atoms with Crippen LogP contribution in [0.4, 0.5) is 0 Å². The van der Waals surface area contributed by atoms with Crippen molar-refractivity contribution in [3.8, 4) is 0 Å². The molecule has 3 fully saturated rings. The Labute approximate surface area is 152 Å². The third kappa shape index (κ3) is 3.37. The van der Waals surface area contributed by atoms with Crippen molar-refractivity contribution in [3.63, 3.8) is 0 Å². The van der Waals surface area contributed by atoms with Gasteiger partial charge in [-0.15, -0.1) is 0 Å². The van der Waals surface area contributed by atoms with Crippen LogP contribution in [0.3, 0.4) is 0 Å². The molecule has 2 atom stereocenters. The Morgan fingerprint density at radius 3 is 2.36 bits per heavy atom. The predicted octanol–water partition coefficient (Wildman–Crippen LogP) is 1.71. The number of hydrogen-bond acceptors (Lipinski definition) is 3. The highest BCUT2D eigenvalue weighted by Gasteiger charge is 2.59. The van der Waals surface area contributed by atoms with Crippen molar-refractivity contribution < 1.29 is 9.53 Å². The van der Waals surface area contributed by atoms with E-state index in [1.165, 1.54) is 19.3 Å². The van der Waals surface area contributed by atoms with Gasteiger partial charge in [-0.25, -0.2) is 0 Å². The fraction of sp³-hybridized carbons (Fsp3) is 0.895. The summed E-state index contributed by atoms with van der Waals surface area (Å²) in [5.41, 5.74) is 0.335. The van der Waals surface area contributed by atoms with Crippen molar-refractivity contribution in [2.75, 3.05) is 39.8 Å². The van der Waals surface area contributed by atoms with E-state index in [2.05, 4.69) is 22.1 Å². The number of ether oxygens (including phenoxy) is 1. The fourth-order valence-electron chi connectivity index (χ4n) is 4.60. The van der Waals surface area contributed by atoms with Gasteiger partial charge in [0.25, 0.3) is 0 Å². The van der Waals surface area contributed by atoms with Gasteiger partial charge in [-0.3, -0.25) is 9.79 Å². The molecule has 1 amide bonds. The molecular formula is C19H34N4O2. The van der Waals surface area contributed by atoms with E-state index in [0.29, 0.717) is 17.6 Å². The Hall–Kier alpha value is -1.30. The molecule has 1 saturated heterocycles. The van der Waals surface area contributed by atoms with E-state index in [0.717, 1.165) is 45.2 Å². The molecule has 0 aromatic carbocycles. The molecule has 1 heterocycles. The van der Waals surface area contributed by atoms with Crippen molar-refractivity contribution in [1.29, 1.82) is 0 Å². The zero-order chi connectivity index (χ0) is 18.0. The maximum Gasteiger partial charge on any atom is 0.225 e. The summed E-state index contributed by atoms with van der Waals surface area (Å²) in [6, 6.07) is 0.479. The highest BCUT2D eigenvalue weighted by atomic mass is 16.5. The van der Waals surface area contributed by atoms with Crippen LogP contribution in [0.2, 0.25) is 0 Å². The van der Waals surface area contributed by atoms with Gasteiger partial charge in [-0.2, -0.15) is 0 Å². The molecule has 1 N–H and O–H groups in total. The second-order valence-corrected chi connectivity index (χ2v) is 7.98. The van der Waals surface area contributed by atoms with Crippen LogP contribution in [0.15, 0.2) is 4.99 Å². The topological polar surface area (TPSA) is 57.2 Å². The minimum Gasteiger partial charge on any atom is -0.378 e. The Morgan fingerprint density at radius 1 is 1.24 bits per heavy atom. The maximum absolute atomic E-state index is 12.2. The van der Waals surface area contributed by atoms with Crippen molar-refractivity contribution in [2.45, 2.75) is 58.6 Å². The van der Waals surface area contributed by atoms with Crippen LogP contribution >= 0.6 is 0 Å². The Bertz CT molecular complexity index is 508. The Balaban J connectivity index is 1.54. The number of carbonyl (C=O) groups excluding carboxylic acids is 1. The first-order valence-corrected chi connectivity index (χ1v) is 9.90. The number of hydrogen-bond donors (Lipinski definition) is 1. The molecule has 3 aliphatic rings. The quantitative estimate of drug-likeness (QED) is 0.619. The number of amides is 1. The molecule has 6 heteroatoms. The SMILES string of the molecule is CCOC1CC(NC(=NC)N2CCN(C(=O)C(C)C)CC2)C12CCC2. The monoisotopic (exact) mass is 350 g/mol. The van der Waals surface area contributed by atoms with Gasteiger partial charge in [0.15, 0.2) is 5.96 Å². The molecule has 0 radical (unpaired) electrons. The molecule has 3 rings (SSSR count). The zero-order valence-corrected chi connectivity index (χ0v) is 16.3. The lowest BCUT2D eigenvalue weighted by Gasteiger charge is -2.61. The summed E-state index contributed by atoms with van der Waals surface area (Å²) in [7, 11) is 1.86. The fourth-order valence-corrected chi connectivity index (χ4v) is 4.60. The highest BCUT2D eigenvalue weighted by molar-refractivity contribution is 5.81. The molecule has 1 spiro atoms. The first-order chi connectivity index (χ1) is 12.0. The van der Waals surface area contributed by atoms with Gasteiger partial charge in [-0.05, 0) is 26.2 Å². The molecule has 6 nitrogen and oxygen atoms in total.